The Kier molecular flexibility index (Phi) is 7.08. The lowest BCUT2D eigenvalue weighted by Crippen LogP contribution is -2.39. The first-order valence-electron chi connectivity index (χ1n) is 9.66. The first-order chi connectivity index (χ1) is 15.2. The van der Waals surface area contributed by atoms with Crippen LogP contribution in [0.5, 0.6) is 23.0 Å². The standard InChI is InChI=1S/C21H25N3O7S/c1-14(15-5-7-19-20(11-15)31-10-9-30-19)22-23-21(25)13-24(32(4,26)27)17-12-16(28-2)6-8-18(17)29-3/h5-8,11-12H,9-10,13H2,1-4H3,(H,23,25)/b22-14-. The first-order valence-corrected chi connectivity index (χ1v) is 11.5. The molecule has 10 nitrogen and oxygen atoms in total. The number of hydrogen-bond donors (Lipinski definition) is 1. The molecule has 0 radical (unpaired) electrons. The molecule has 0 spiro atoms. The van der Waals surface area contributed by atoms with Gasteiger partial charge in [-0.3, -0.25) is 9.10 Å². The molecule has 0 atom stereocenters. The van der Waals surface area contributed by atoms with Crippen LogP contribution in [0.2, 0.25) is 0 Å². The van der Waals surface area contributed by atoms with Crippen LogP contribution in [-0.2, 0) is 14.8 Å². The number of nitrogens with zero attached hydrogens (tertiary/aromatic N) is 2. The third-order valence-corrected chi connectivity index (χ3v) is 5.78. The summed E-state index contributed by atoms with van der Waals surface area (Å²) >= 11 is 0. The van der Waals surface area contributed by atoms with Crippen molar-refractivity contribution in [1.29, 1.82) is 0 Å². The molecule has 0 aliphatic carbocycles. The van der Waals surface area contributed by atoms with Crippen LogP contribution in [0.15, 0.2) is 41.5 Å². The number of carbonyl (C=O) groups is 1. The van der Waals surface area contributed by atoms with Crippen LogP contribution >= 0.6 is 0 Å². The van der Waals surface area contributed by atoms with Gasteiger partial charge in [-0.05, 0) is 37.3 Å². The Morgan fingerprint density at radius 3 is 2.47 bits per heavy atom. The summed E-state index contributed by atoms with van der Waals surface area (Å²) in [7, 11) is -0.947. The fourth-order valence-corrected chi connectivity index (χ4v) is 3.87. The molecule has 0 saturated carbocycles. The second kappa shape index (κ2) is 9.77. The highest BCUT2D eigenvalue weighted by Gasteiger charge is 2.24. The second-order valence-corrected chi connectivity index (χ2v) is 8.80. The molecular weight excluding hydrogens is 438 g/mol. The van der Waals surface area contributed by atoms with E-state index < -0.39 is 22.5 Å². The zero-order chi connectivity index (χ0) is 23.3. The maximum absolute atomic E-state index is 12.6. The largest absolute Gasteiger partial charge is 0.497 e. The van der Waals surface area contributed by atoms with Crippen molar-refractivity contribution in [2.24, 2.45) is 5.10 Å². The van der Waals surface area contributed by atoms with E-state index in [0.717, 1.165) is 16.1 Å². The van der Waals surface area contributed by atoms with Gasteiger partial charge in [-0.1, -0.05) is 0 Å². The zero-order valence-electron chi connectivity index (χ0n) is 18.2. The average molecular weight is 464 g/mol. The van der Waals surface area contributed by atoms with Gasteiger partial charge in [0.1, 0.15) is 31.3 Å². The number of sulfonamides is 1. The van der Waals surface area contributed by atoms with E-state index in [2.05, 4.69) is 10.5 Å². The van der Waals surface area contributed by atoms with E-state index in [9.17, 15) is 13.2 Å². The summed E-state index contributed by atoms with van der Waals surface area (Å²) in [6, 6.07) is 10.0. The van der Waals surface area contributed by atoms with E-state index >= 15 is 0 Å². The molecule has 0 aromatic heterocycles. The number of carbonyl (C=O) groups excluding carboxylic acids is 1. The third kappa shape index (κ3) is 5.41. The fourth-order valence-electron chi connectivity index (χ4n) is 3.02. The van der Waals surface area contributed by atoms with Crippen molar-refractivity contribution in [3.8, 4) is 23.0 Å². The molecule has 0 fully saturated rings. The number of benzene rings is 2. The Labute approximate surface area is 186 Å². The molecule has 1 heterocycles. The van der Waals surface area contributed by atoms with Gasteiger partial charge in [-0.2, -0.15) is 5.10 Å². The van der Waals surface area contributed by atoms with Gasteiger partial charge in [-0.25, -0.2) is 13.8 Å². The lowest BCUT2D eigenvalue weighted by molar-refractivity contribution is -0.119. The molecule has 2 aromatic carbocycles. The van der Waals surface area contributed by atoms with E-state index in [0.29, 0.717) is 36.2 Å². The molecule has 0 bridgehead atoms. The van der Waals surface area contributed by atoms with Crippen LogP contribution in [0, 0.1) is 0 Å². The molecule has 0 saturated heterocycles. The zero-order valence-corrected chi connectivity index (χ0v) is 19.1. The molecule has 11 heteroatoms. The number of anilines is 1. The smallest absolute Gasteiger partial charge is 0.260 e. The number of hydrazone groups is 1. The number of amides is 1. The minimum absolute atomic E-state index is 0.178. The normalized spacial score (nSPS) is 13.3. The van der Waals surface area contributed by atoms with Crippen molar-refractivity contribution in [2.45, 2.75) is 6.92 Å². The SMILES string of the molecule is COc1ccc(OC)c(N(CC(=O)N/N=C(/C)c2ccc3c(c2)OCCO3)S(C)(=O)=O)c1. The number of methoxy groups -OCH3 is 2. The van der Waals surface area contributed by atoms with Gasteiger partial charge >= 0.3 is 0 Å². The highest BCUT2D eigenvalue weighted by atomic mass is 32.2. The lowest BCUT2D eigenvalue weighted by atomic mass is 10.1. The van der Waals surface area contributed by atoms with E-state index in [1.807, 2.05) is 0 Å². The predicted molar refractivity (Wildman–Crippen MR) is 120 cm³/mol. The van der Waals surface area contributed by atoms with Crippen LogP contribution in [0.3, 0.4) is 0 Å². The van der Waals surface area contributed by atoms with Crippen molar-refractivity contribution < 1.29 is 32.2 Å². The second-order valence-electron chi connectivity index (χ2n) is 6.90. The highest BCUT2D eigenvalue weighted by Crippen LogP contribution is 2.34. The Bertz CT molecular complexity index is 1130. The number of rotatable bonds is 8. The number of fused-ring (bicyclic) bond motifs is 1. The summed E-state index contributed by atoms with van der Waals surface area (Å²) in [6.07, 6.45) is 1.00. The summed E-state index contributed by atoms with van der Waals surface area (Å²) in [4.78, 5) is 12.6. The topological polar surface area (TPSA) is 116 Å². The molecule has 1 aliphatic rings. The van der Waals surface area contributed by atoms with Gasteiger partial charge in [0.25, 0.3) is 5.91 Å². The van der Waals surface area contributed by atoms with Crippen LogP contribution < -0.4 is 28.7 Å². The van der Waals surface area contributed by atoms with Crippen molar-refractivity contribution >= 4 is 27.3 Å². The Hall–Kier alpha value is -3.47. The minimum Gasteiger partial charge on any atom is -0.497 e. The van der Waals surface area contributed by atoms with E-state index in [1.165, 1.54) is 20.3 Å². The Morgan fingerprint density at radius 2 is 1.81 bits per heavy atom. The van der Waals surface area contributed by atoms with E-state index in [-0.39, 0.29) is 11.4 Å². The molecular formula is C21H25N3O7S. The summed E-state index contributed by atoms with van der Waals surface area (Å²) in [5.74, 6) is 1.32. The monoisotopic (exact) mass is 463 g/mol. The van der Waals surface area contributed by atoms with Crippen LogP contribution in [0.1, 0.15) is 12.5 Å². The van der Waals surface area contributed by atoms with E-state index in [4.69, 9.17) is 18.9 Å². The van der Waals surface area contributed by atoms with Gasteiger partial charge in [0.05, 0.1) is 31.9 Å². The third-order valence-electron chi connectivity index (χ3n) is 4.65. The average Bonchev–Trinajstić information content (AvgIpc) is 2.79. The van der Waals surface area contributed by atoms with Gasteiger partial charge in [0, 0.05) is 11.6 Å². The molecule has 0 unspecified atom stereocenters. The maximum Gasteiger partial charge on any atom is 0.260 e. The molecule has 1 amide bonds. The number of hydrogen-bond acceptors (Lipinski definition) is 8. The summed E-state index contributed by atoms with van der Waals surface area (Å²) in [5.41, 5.74) is 3.82. The molecule has 172 valence electrons. The Balaban J connectivity index is 1.78. The number of ether oxygens (including phenoxy) is 4. The van der Waals surface area contributed by atoms with Gasteiger partial charge in [0.15, 0.2) is 11.5 Å². The summed E-state index contributed by atoms with van der Waals surface area (Å²) < 4.78 is 47.2. The van der Waals surface area contributed by atoms with Crippen LogP contribution in [-0.4, -0.2) is 60.3 Å². The molecule has 1 N–H and O–H groups in total. The molecule has 2 aromatic rings. The van der Waals surface area contributed by atoms with E-state index in [1.54, 1.807) is 37.3 Å². The van der Waals surface area contributed by atoms with Crippen molar-refractivity contribution in [3.05, 3.63) is 42.0 Å². The van der Waals surface area contributed by atoms with Gasteiger partial charge < -0.3 is 18.9 Å². The first kappa shape index (κ1) is 23.2. The predicted octanol–water partition coefficient (Wildman–Crippen LogP) is 1.78. The summed E-state index contributed by atoms with van der Waals surface area (Å²) in [6.45, 7) is 2.16. The molecule has 32 heavy (non-hydrogen) atoms. The summed E-state index contributed by atoms with van der Waals surface area (Å²) in [5, 5.41) is 4.09. The number of nitrogens with one attached hydrogen (secondary N) is 1. The van der Waals surface area contributed by atoms with Crippen molar-refractivity contribution in [2.75, 3.05) is 44.5 Å². The maximum atomic E-state index is 12.6. The van der Waals surface area contributed by atoms with Crippen LogP contribution in [0.25, 0.3) is 0 Å². The highest BCUT2D eigenvalue weighted by molar-refractivity contribution is 7.92. The van der Waals surface area contributed by atoms with Gasteiger partial charge in [-0.15, -0.1) is 0 Å². The van der Waals surface area contributed by atoms with Crippen molar-refractivity contribution in [1.82, 2.24) is 5.43 Å². The minimum atomic E-state index is -3.81. The molecule has 1 aliphatic heterocycles. The van der Waals surface area contributed by atoms with Gasteiger partial charge in [0.2, 0.25) is 10.0 Å². The fraction of sp³-hybridized carbons (Fsp3) is 0.333. The van der Waals surface area contributed by atoms with Crippen LogP contribution in [0.4, 0.5) is 5.69 Å². The lowest BCUT2D eigenvalue weighted by Gasteiger charge is -2.23. The quantitative estimate of drug-likeness (QED) is 0.469. The molecule has 3 rings (SSSR count). The Morgan fingerprint density at radius 1 is 1.09 bits per heavy atom. The van der Waals surface area contributed by atoms with Crippen molar-refractivity contribution in [3.63, 3.8) is 0 Å².